The number of rotatable bonds is 4. The van der Waals surface area contributed by atoms with E-state index in [2.05, 4.69) is 15.2 Å². The van der Waals surface area contributed by atoms with E-state index in [4.69, 9.17) is 0 Å². The average Bonchev–Trinajstić information content (AvgIpc) is 3.36. The predicted molar refractivity (Wildman–Crippen MR) is 116 cm³/mol. The van der Waals surface area contributed by atoms with Crippen LogP contribution >= 0.6 is 11.3 Å². The van der Waals surface area contributed by atoms with Crippen LogP contribution in [0.4, 0.5) is 31.5 Å². The Bertz CT molecular complexity index is 1410. The van der Waals surface area contributed by atoms with Crippen LogP contribution in [0.25, 0.3) is 5.57 Å². The lowest BCUT2D eigenvalue weighted by Crippen LogP contribution is -2.18. The van der Waals surface area contributed by atoms with Gasteiger partial charge in [-0.25, -0.2) is 0 Å². The fourth-order valence-corrected chi connectivity index (χ4v) is 4.40. The van der Waals surface area contributed by atoms with Crippen molar-refractivity contribution in [3.63, 3.8) is 0 Å². The van der Waals surface area contributed by atoms with Gasteiger partial charge in [0.05, 0.1) is 27.6 Å². The van der Waals surface area contributed by atoms with Gasteiger partial charge in [0.2, 0.25) is 5.88 Å². The van der Waals surface area contributed by atoms with E-state index >= 15 is 0 Å². The van der Waals surface area contributed by atoms with Crippen LogP contribution in [0.3, 0.4) is 0 Å². The first-order valence-corrected chi connectivity index (χ1v) is 10.6. The van der Waals surface area contributed by atoms with Crippen molar-refractivity contribution in [1.82, 2.24) is 4.98 Å². The van der Waals surface area contributed by atoms with Crippen molar-refractivity contribution in [3.05, 3.63) is 74.1 Å². The lowest BCUT2D eigenvalue weighted by atomic mass is 9.94. The molecule has 0 spiro atoms. The van der Waals surface area contributed by atoms with E-state index in [0.717, 1.165) is 17.4 Å². The highest BCUT2D eigenvalue weighted by molar-refractivity contribution is 7.17. The zero-order chi connectivity index (χ0) is 24.8. The predicted octanol–water partition coefficient (Wildman–Crippen LogP) is 4.36. The third-order valence-corrected chi connectivity index (χ3v) is 6.37. The third-order valence-electron chi connectivity index (χ3n) is 5.10. The largest absolute Gasteiger partial charge is 0.492 e. The van der Waals surface area contributed by atoms with E-state index in [1.165, 1.54) is 6.21 Å². The molecule has 3 aromatic rings. The molecule has 0 atom stereocenters. The van der Waals surface area contributed by atoms with Gasteiger partial charge in [-0.2, -0.15) is 41.5 Å². The molecule has 0 bridgehead atoms. The molecule has 1 aromatic heterocycles. The summed E-state index contributed by atoms with van der Waals surface area (Å²) in [5.41, 5.74) is -2.26. The van der Waals surface area contributed by atoms with Crippen LogP contribution < -0.4 is 15.5 Å². The van der Waals surface area contributed by atoms with Crippen molar-refractivity contribution < 1.29 is 31.4 Å². The Morgan fingerprint density at radius 1 is 1.00 bits per heavy atom. The van der Waals surface area contributed by atoms with E-state index in [1.807, 2.05) is 0 Å². The van der Waals surface area contributed by atoms with Crippen molar-refractivity contribution in [1.29, 1.82) is 0 Å². The minimum Gasteiger partial charge on any atom is -0.492 e. The Morgan fingerprint density at radius 2 is 1.74 bits per heavy atom. The molecule has 178 valence electrons. The Hall–Kier alpha value is -3.41. The van der Waals surface area contributed by atoms with Gasteiger partial charge in [-0.3, -0.25) is 0 Å². The Balaban J connectivity index is 1.95. The second-order valence-corrected chi connectivity index (χ2v) is 8.66. The smallest absolute Gasteiger partial charge is 0.416 e. The first-order chi connectivity index (χ1) is 15.8. The topological polar surface area (TPSA) is 61.1 Å². The summed E-state index contributed by atoms with van der Waals surface area (Å²) in [6, 6.07) is 6.43. The number of aromatic nitrogens is 1. The molecule has 0 fully saturated rings. The van der Waals surface area contributed by atoms with Gasteiger partial charge in [-0.05, 0) is 40.6 Å². The minimum atomic E-state index is -5.02. The van der Waals surface area contributed by atoms with E-state index < -0.39 is 29.9 Å². The minimum absolute atomic E-state index is 0.110. The summed E-state index contributed by atoms with van der Waals surface area (Å²) in [5.74, 6) is -0.386. The van der Waals surface area contributed by atoms with Crippen molar-refractivity contribution in [2.45, 2.75) is 18.8 Å². The summed E-state index contributed by atoms with van der Waals surface area (Å²) in [6.45, 7) is 0. The Kier molecular flexibility index (Phi) is 5.88. The molecule has 1 N–H and O–H groups in total. The molecule has 4 rings (SSSR count). The number of nitrogens with zero attached hydrogens (tertiary/aromatic N) is 4. The molecule has 0 amide bonds. The number of anilines is 1. The molecule has 0 saturated carbocycles. The molecule has 1 aliphatic rings. The van der Waals surface area contributed by atoms with Crippen LogP contribution in [0.15, 0.2) is 46.6 Å². The zero-order valence-electron chi connectivity index (χ0n) is 17.7. The van der Waals surface area contributed by atoms with E-state index in [9.17, 15) is 31.4 Å². The van der Waals surface area contributed by atoms with Gasteiger partial charge in [0, 0.05) is 26.1 Å². The number of hydrogen-bond acceptors (Lipinski definition) is 6. The maximum Gasteiger partial charge on any atom is 0.416 e. The van der Waals surface area contributed by atoms with E-state index in [1.54, 1.807) is 37.2 Å². The van der Waals surface area contributed by atoms with Crippen LogP contribution in [0.1, 0.15) is 27.1 Å². The molecule has 34 heavy (non-hydrogen) atoms. The highest BCUT2D eigenvalue weighted by atomic mass is 32.1. The molecule has 0 radical (unpaired) electrons. The summed E-state index contributed by atoms with van der Waals surface area (Å²) in [4.78, 5) is 5.89. The molecule has 0 aliphatic carbocycles. The number of hydrogen-bond donors (Lipinski definition) is 1. The molecule has 0 saturated heterocycles. The highest BCUT2D eigenvalue weighted by Gasteiger charge is 2.38. The quantitative estimate of drug-likeness (QED) is 0.544. The normalized spacial score (nSPS) is 14.1. The van der Waals surface area contributed by atoms with Gasteiger partial charge in [0.1, 0.15) is 0 Å². The van der Waals surface area contributed by atoms with Crippen LogP contribution in [-0.4, -0.2) is 30.4 Å². The molecular formula is C22H16F6N4OS. The molecule has 12 heteroatoms. The number of fused-ring (bicyclic) bond motifs is 1. The van der Waals surface area contributed by atoms with Crippen LogP contribution in [-0.2, 0) is 18.8 Å². The second-order valence-electron chi connectivity index (χ2n) is 7.68. The van der Waals surface area contributed by atoms with E-state index in [0.29, 0.717) is 27.3 Å². The lowest BCUT2D eigenvalue weighted by molar-refractivity contribution is -0.143. The van der Waals surface area contributed by atoms with Crippen molar-refractivity contribution in [3.8, 4) is 5.88 Å². The average molecular weight is 498 g/mol. The van der Waals surface area contributed by atoms with Gasteiger partial charge in [0.15, 0.2) is 5.13 Å². The van der Waals surface area contributed by atoms with Gasteiger partial charge in [0.25, 0.3) is 0 Å². The van der Waals surface area contributed by atoms with Crippen LogP contribution in [0.5, 0.6) is 5.88 Å². The second kappa shape index (κ2) is 8.42. The monoisotopic (exact) mass is 498 g/mol. The van der Waals surface area contributed by atoms with Crippen molar-refractivity contribution in [2.24, 2.45) is 10.2 Å². The van der Waals surface area contributed by atoms with Crippen molar-refractivity contribution in [2.75, 3.05) is 19.0 Å². The standard InChI is InChI=1S/C22H16F6N4OS/c1-32(2)20-30-19(33)18(34-20)15(11-4-6-17-13(7-11)10-29-31-17)8-12-3-5-14(21(23,24)25)9-16(12)22(26,27)28/h3-7,9-10,33H,8H2,1-2H3. The molecule has 0 unspecified atom stereocenters. The third kappa shape index (κ3) is 4.63. The first-order valence-electron chi connectivity index (χ1n) is 9.73. The first kappa shape index (κ1) is 23.7. The number of alkyl halides is 6. The van der Waals surface area contributed by atoms with Crippen LogP contribution in [0.2, 0.25) is 0 Å². The molecule has 1 aliphatic heterocycles. The summed E-state index contributed by atoms with van der Waals surface area (Å²) >= 11 is 1.05. The molecule has 2 aromatic carbocycles. The lowest BCUT2D eigenvalue weighted by Gasteiger charge is -2.17. The fraction of sp³-hybridized carbons (Fsp3) is 0.227. The number of benzene rings is 2. The van der Waals surface area contributed by atoms with Gasteiger partial charge >= 0.3 is 12.4 Å². The highest BCUT2D eigenvalue weighted by Crippen LogP contribution is 2.40. The summed E-state index contributed by atoms with van der Waals surface area (Å²) in [7, 11) is 3.37. The molecule has 2 heterocycles. The molecular weight excluding hydrogens is 482 g/mol. The fourth-order valence-electron chi connectivity index (χ4n) is 3.45. The Morgan fingerprint density at radius 3 is 2.35 bits per heavy atom. The van der Waals surface area contributed by atoms with Crippen LogP contribution in [0, 0.1) is 0 Å². The van der Waals surface area contributed by atoms with Gasteiger partial charge in [-0.1, -0.05) is 23.5 Å². The Labute approximate surface area is 193 Å². The van der Waals surface area contributed by atoms with Crippen molar-refractivity contribution >= 4 is 28.3 Å². The summed E-state index contributed by atoms with van der Waals surface area (Å²) in [6.07, 6.45) is -8.86. The summed E-state index contributed by atoms with van der Waals surface area (Å²) < 4.78 is 80.6. The van der Waals surface area contributed by atoms with Gasteiger partial charge in [-0.15, -0.1) is 0 Å². The summed E-state index contributed by atoms with van der Waals surface area (Å²) in [5, 5.41) is 19.7. The van der Waals surface area contributed by atoms with E-state index in [-0.39, 0.29) is 28.0 Å². The number of halogens is 6. The molecule has 5 nitrogen and oxygen atoms in total. The zero-order valence-corrected chi connectivity index (χ0v) is 18.5. The maximum absolute atomic E-state index is 13.8. The number of thiazole rings is 1. The SMILES string of the molecule is CN(C)c1nc(O)c(C(Cc2ccc(C(F)(F)F)cc2C(F)(F)F)=c2ccc3c(c2)C=NN=3)s1. The maximum atomic E-state index is 13.8. The van der Waals surface area contributed by atoms with Gasteiger partial charge < -0.3 is 10.0 Å². The number of aromatic hydroxyl groups is 1.